The van der Waals surface area contributed by atoms with Gasteiger partial charge in [-0.15, -0.1) is 0 Å². The van der Waals surface area contributed by atoms with Crippen molar-refractivity contribution in [3.05, 3.63) is 59.7 Å². The smallest absolute Gasteiger partial charge is 0.261 e. The highest BCUT2D eigenvalue weighted by atomic mass is 32.1. The monoisotopic (exact) mass is 413 g/mol. The number of ether oxygens (including phenoxy) is 1. The molecule has 7 heteroatoms. The first-order valence-electron chi connectivity index (χ1n) is 9.63. The van der Waals surface area contributed by atoms with E-state index in [1.54, 1.807) is 42.5 Å². The van der Waals surface area contributed by atoms with Gasteiger partial charge in [-0.05, 0) is 61.8 Å². The number of benzene rings is 2. The number of rotatable bonds is 8. The maximum absolute atomic E-state index is 12.6. The number of thiocarbonyl (C=S) groups is 1. The fourth-order valence-electron chi connectivity index (χ4n) is 2.52. The summed E-state index contributed by atoms with van der Waals surface area (Å²) in [4.78, 5) is 24.6. The number of carbonyl (C=O) groups excluding carboxylic acids is 2. The Hall–Kier alpha value is -2.93. The molecule has 0 radical (unpaired) electrons. The van der Waals surface area contributed by atoms with E-state index in [9.17, 15) is 9.59 Å². The lowest BCUT2D eigenvalue weighted by Crippen LogP contribution is -2.34. The normalized spacial score (nSPS) is 10.3. The first kappa shape index (κ1) is 22.4. The molecule has 2 aromatic carbocycles. The fraction of sp³-hybridized carbons (Fsp3) is 0.318. The molecular formula is C22H27N3O3S. The van der Waals surface area contributed by atoms with E-state index < -0.39 is 0 Å². The van der Waals surface area contributed by atoms with Crippen LogP contribution in [0, 0.1) is 5.92 Å². The van der Waals surface area contributed by atoms with E-state index in [2.05, 4.69) is 29.8 Å². The lowest BCUT2D eigenvalue weighted by atomic mass is 10.1. The quantitative estimate of drug-likeness (QED) is 0.571. The predicted molar refractivity (Wildman–Crippen MR) is 120 cm³/mol. The van der Waals surface area contributed by atoms with Crippen molar-refractivity contribution in [3.8, 4) is 5.75 Å². The Kier molecular flexibility index (Phi) is 8.61. The minimum Gasteiger partial charge on any atom is -0.493 e. The van der Waals surface area contributed by atoms with Crippen LogP contribution in [-0.4, -0.2) is 30.1 Å². The van der Waals surface area contributed by atoms with Crippen molar-refractivity contribution in [1.82, 2.24) is 10.6 Å². The molecule has 2 rings (SSSR count). The van der Waals surface area contributed by atoms with Gasteiger partial charge in [-0.1, -0.05) is 32.0 Å². The molecule has 6 nitrogen and oxygen atoms in total. The predicted octanol–water partition coefficient (Wildman–Crippen LogP) is 3.99. The summed E-state index contributed by atoms with van der Waals surface area (Å²) in [5.74, 6) is 0.510. The molecule has 0 heterocycles. The SMILES string of the molecule is CCNC(=O)c1cccc(NC(=S)NC(=O)c2ccccc2OCCC(C)C)c1. The van der Waals surface area contributed by atoms with Crippen molar-refractivity contribution < 1.29 is 14.3 Å². The Morgan fingerprint density at radius 1 is 1.07 bits per heavy atom. The van der Waals surface area contributed by atoms with Gasteiger partial charge >= 0.3 is 0 Å². The topological polar surface area (TPSA) is 79.5 Å². The van der Waals surface area contributed by atoms with Crippen molar-refractivity contribution in [2.75, 3.05) is 18.5 Å². The largest absolute Gasteiger partial charge is 0.493 e. The van der Waals surface area contributed by atoms with Gasteiger partial charge in [0, 0.05) is 17.8 Å². The molecular weight excluding hydrogens is 386 g/mol. The van der Waals surface area contributed by atoms with Crippen LogP contribution in [0.2, 0.25) is 0 Å². The first-order valence-corrected chi connectivity index (χ1v) is 10.0. The molecule has 154 valence electrons. The van der Waals surface area contributed by atoms with Crippen LogP contribution in [0.1, 0.15) is 47.9 Å². The number of anilines is 1. The van der Waals surface area contributed by atoms with Gasteiger partial charge in [0.05, 0.1) is 12.2 Å². The van der Waals surface area contributed by atoms with Crippen molar-refractivity contribution in [2.24, 2.45) is 5.92 Å². The van der Waals surface area contributed by atoms with Crippen LogP contribution in [-0.2, 0) is 0 Å². The molecule has 0 spiro atoms. The Morgan fingerprint density at radius 3 is 2.55 bits per heavy atom. The third-order valence-electron chi connectivity index (χ3n) is 4.03. The van der Waals surface area contributed by atoms with E-state index in [-0.39, 0.29) is 16.9 Å². The van der Waals surface area contributed by atoms with E-state index in [0.29, 0.717) is 41.6 Å². The summed E-state index contributed by atoms with van der Waals surface area (Å²) >= 11 is 5.25. The molecule has 0 saturated heterocycles. The zero-order chi connectivity index (χ0) is 21.2. The second-order valence-electron chi connectivity index (χ2n) is 6.88. The highest BCUT2D eigenvalue weighted by molar-refractivity contribution is 7.80. The van der Waals surface area contributed by atoms with Crippen LogP contribution in [0.15, 0.2) is 48.5 Å². The Labute approximate surface area is 177 Å². The van der Waals surface area contributed by atoms with Crippen LogP contribution in [0.25, 0.3) is 0 Å². The average molecular weight is 414 g/mol. The van der Waals surface area contributed by atoms with Crippen molar-refractivity contribution in [2.45, 2.75) is 27.2 Å². The van der Waals surface area contributed by atoms with E-state index in [1.807, 2.05) is 13.0 Å². The Balaban J connectivity index is 2.00. The summed E-state index contributed by atoms with van der Waals surface area (Å²) in [7, 11) is 0. The van der Waals surface area contributed by atoms with Gasteiger partial charge in [0.25, 0.3) is 11.8 Å². The Bertz CT molecular complexity index is 868. The molecule has 0 atom stereocenters. The van der Waals surface area contributed by atoms with E-state index in [0.717, 1.165) is 6.42 Å². The molecule has 0 aliphatic carbocycles. The van der Waals surface area contributed by atoms with Gasteiger partial charge in [-0.2, -0.15) is 0 Å². The summed E-state index contributed by atoms with van der Waals surface area (Å²) in [5.41, 5.74) is 1.53. The van der Waals surface area contributed by atoms with E-state index >= 15 is 0 Å². The molecule has 2 amide bonds. The molecule has 2 aromatic rings. The number of hydrogen-bond donors (Lipinski definition) is 3. The highest BCUT2D eigenvalue weighted by Crippen LogP contribution is 2.19. The summed E-state index contributed by atoms with van der Waals surface area (Å²) in [6, 6.07) is 14.0. The van der Waals surface area contributed by atoms with Gasteiger partial charge < -0.3 is 15.4 Å². The molecule has 0 fully saturated rings. The third kappa shape index (κ3) is 7.19. The third-order valence-corrected chi connectivity index (χ3v) is 4.24. The Morgan fingerprint density at radius 2 is 1.83 bits per heavy atom. The van der Waals surface area contributed by atoms with Gasteiger partial charge in [-0.25, -0.2) is 0 Å². The molecule has 29 heavy (non-hydrogen) atoms. The molecule has 0 aliphatic rings. The minimum absolute atomic E-state index is 0.139. The molecule has 0 unspecified atom stereocenters. The average Bonchev–Trinajstić information content (AvgIpc) is 2.68. The molecule has 0 aromatic heterocycles. The van der Waals surface area contributed by atoms with Crippen LogP contribution >= 0.6 is 12.2 Å². The van der Waals surface area contributed by atoms with Crippen molar-refractivity contribution in [1.29, 1.82) is 0 Å². The number of nitrogens with one attached hydrogen (secondary N) is 3. The molecule has 0 aliphatic heterocycles. The van der Waals surface area contributed by atoms with Crippen LogP contribution in [0.5, 0.6) is 5.75 Å². The van der Waals surface area contributed by atoms with Gasteiger partial charge in [0.15, 0.2) is 5.11 Å². The highest BCUT2D eigenvalue weighted by Gasteiger charge is 2.14. The summed E-state index contributed by atoms with van der Waals surface area (Å²) in [6.45, 7) is 7.18. The minimum atomic E-state index is -0.359. The maximum Gasteiger partial charge on any atom is 0.261 e. The number of amides is 2. The van der Waals surface area contributed by atoms with Gasteiger partial charge in [0.1, 0.15) is 5.75 Å². The lowest BCUT2D eigenvalue weighted by molar-refractivity contribution is 0.0952. The second-order valence-corrected chi connectivity index (χ2v) is 7.28. The molecule has 3 N–H and O–H groups in total. The molecule has 0 saturated carbocycles. The van der Waals surface area contributed by atoms with Crippen LogP contribution < -0.4 is 20.7 Å². The van der Waals surface area contributed by atoms with Crippen molar-refractivity contribution >= 4 is 34.8 Å². The summed E-state index contributed by atoms with van der Waals surface area (Å²) < 4.78 is 5.77. The number of carbonyl (C=O) groups is 2. The summed E-state index contributed by atoms with van der Waals surface area (Å²) in [5, 5.41) is 8.48. The second kappa shape index (κ2) is 11.2. The lowest BCUT2D eigenvalue weighted by Gasteiger charge is -2.14. The number of hydrogen-bond acceptors (Lipinski definition) is 4. The fourth-order valence-corrected chi connectivity index (χ4v) is 2.73. The van der Waals surface area contributed by atoms with Crippen LogP contribution in [0.3, 0.4) is 0 Å². The van der Waals surface area contributed by atoms with Gasteiger partial charge in [0.2, 0.25) is 0 Å². The zero-order valence-electron chi connectivity index (χ0n) is 17.0. The first-order chi connectivity index (χ1) is 13.9. The van der Waals surface area contributed by atoms with E-state index in [1.165, 1.54) is 0 Å². The molecule has 0 bridgehead atoms. The van der Waals surface area contributed by atoms with Gasteiger partial charge in [-0.3, -0.25) is 14.9 Å². The van der Waals surface area contributed by atoms with Crippen LogP contribution in [0.4, 0.5) is 5.69 Å². The zero-order valence-corrected chi connectivity index (χ0v) is 17.8. The number of para-hydroxylation sites is 1. The van der Waals surface area contributed by atoms with Crippen molar-refractivity contribution in [3.63, 3.8) is 0 Å². The summed E-state index contributed by atoms with van der Waals surface area (Å²) in [6.07, 6.45) is 0.901. The van der Waals surface area contributed by atoms with E-state index in [4.69, 9.17) is 17.0 Å². The standard InChI is InChI=1S/C22H27N3O3S/c1-4-23-20(26)16-8-7-9-17(14-16)24-22(29)25-21(27)18-10-5-6-11-19(18)28-13-12-15(2)3/h5-11,14-15H,4,12-13H2,1-3H3,(H,23,26)(H2,24,25,27,29). The maximum atomic E-state index is 12.6.